The largest absolute Gasteiger partial charge is 0.550 e. The summed E-state index contributed by atoms with van der Waals surface area (Å²) in [5, 5.41) is 20.8. The molecule has 0 saturated carbocycles. The van der Waals surface area contributed by atoms with Crippen molar-refractivity contribution in [3.63, 3.8) is 0 Å². The first-order valence-corrected chi connectivity index (χ1v) is 12.6. The number of carboxylic acids is 1. The average molecular weight is 414 g/mol. The fourth-order valence-corrected chi connectivity index (χ4v) is 4.14. The number of carboxylic acid groups (broad SMARTS) is 1. The predicted octanol–water partition coefficient (Wildman–Crippen LogP) is 5.22. The Morgan fingerprint density at radius 1 is 0.759 bits per heavy atom. The van der Waals surface area contributed by atoms with Gasteiger partial charge in [-0.2, -0.15) is 0 Å². The summed E-state index contributed by atoms with van der Waals surface area (Å²) in [5.74, 6) is -0.952. The van der Waals surface area contributed by atoms with Crippen LogP contribution in [0.25, 0.3) is 0 Å². The van der Waals surface area contributed by atoms with Gasteiger partial charge in [0, 0.05) is 5.97 Å². The number of aliphatic hydroxyl groups is 1. The second-order valence-corrected chi connectivity index (χ2v) is 9.71. The van der Waals surface area contributed by atoms with Crippen molar-refractivity contribution < 1.29 is 19.5 Å². The second-order valence-electron chi connectivity index (χ2n) is 9.71. The molecule has 0 fully saturated rings. The highest BCUT2D eigenvalue weighted by atomic mass is 16.4. The van der Waals surface area contributed by atoms with Crippen LogP contribution < -0.4 is 5.11 Å². The number of carbonyl (C=O) groups is 1. The van der Waals surface area contributed by atoms with Crippen LogP contribution >= 0.6 is 0 Å². The van der Waals surface area contributed by atoms with Gasteiger partial charge in [0.15, 0.2) is 0 Å². The van der Waals surface area contributed by atoms with Crippen LogP contribution in [0.15, 0.2) is 0 Å². The van der Waals surface area contributed by atoms with Gasteiger partial charge in [0.05, 0.1) is 20.6 Å². The van der Waals surface area contributed by atoms with Crippen LogP contribution in [-0.2, 0) is 4.79 Å². The van der Waals surface area contributed by atoms with Gasteiger partial charge < -0.3 is 19.5 Å². The lowest BCUT2D eigenvalue weighted by molar-refractivity contribution is -0.893. The molecule has 0 aromatic heterocycles. The van der Waals surface area contributed by atoms with E-state index >= 15 is 0 Å². The van der Waals surface area contributed by atoms with Crippen LogP contribution in [0.5, 0.6) is 0 Å². The van der Waals surface area contributed by atoms with Crippen molar-refractivity contribution >= 4 is 5.97 Å². The highest BCUT2D eigenvalue weighted by Crippen LogP contribution is 2.14. The Morgan fingerprint density at radius 3 is 1.69 bits per heavy atom. The van der Waals surface area contributed by atoms with Crippen LogP contribution in [0.3, 0.4) is 0 Å². The number of quaternary nitrogens is 1. The summed E-state index contributed by atoms with van der Waals surface area (Å²) in [7, 11) is 4.32. The topological polar surface area (TPSA) is 60.4 Å². The van der Waals surface area contributed by atoms with E-state index in [4.69, 9.17) is 0 Å². The number of hydrogen-bond donors (Lipinski definition) is 1. The molecule has 0 spiro atoms. The van der Waals surface area contributed by atoms with Crippen molar-refractivity contribution in [2.45, 2.75) is 129 Å². The third kappa shape index (κ3) is 21.9. The van der Waals surface area contributed by atoms with E-state index in [1.165, 1.54) is 77.0 Å². The lowest BCUT2D eigenvalue weighted by Crippen LogP contribution is -2.46. The molecule has 1 atom stereocenters. The third-order valence-corrected chi connectivity index (χ3v) is 5.99. The predicted molar refractivity (Wildman–Crippen MR) is 122 cm³/mol. The van der Waals surface area contributed by atoms with E-state index < -0.39 is 5.97 Å². The van der Waals surface area contributed by atoms with Gasteiger partial charge >= 0.3 is 0 Å². The lowest BCUT2D eigenvalue weighted by atomic mass is 10.0. The number of rotatable bonds is 22. The Hall–Kier alpha value is -0.610. The van der Waals surface area contributed by atoms with Crippen molar-refractivity contribution in [2.24, 2.45) is 0 Å². The number of nitrogens with zero attached hydrogens (tertiary/aromatic N) is 1. The maximum absolute atomic E-state index is 10.4. The fourth-order valence-electron chi connectivity index (χ4n) is 4.14. The SMILES string of the molecule is CCCCCCCCCCCCCCCC(O)C[N+](C)(C)CCCCCC(=O)[O-]. The second kappa shape index (κ2) is 19.4. The molecule has 0 heterocycles. The zero-order chi connectivity index (χ0) is 21.8. The first kappa shape index (κ1) is 28.4. The van der Waals surface area contributed by atoms with E-state index in [0.717, 1.165) is 43.3 Å². The maximum Gasteiger partial charge on any atom is 0.105 e. The minimum absolute atomic E-state index is 0.162. The van der Waals surface area contributed by atoms with Gasteiger partial charge in [0.25, 0.3) is 0 Å². The normalized spacial score (nSPS) is 13.0. The number of unbranched alkanes of at least 4 members (excludes halogenated alkanes) is 14. The average Bonchev–Trinajstić information content (AvgIpc) is 2.64. The number of hydrogen-bond acceptors (Lipinski definition) is 3. The summed E-state index contributed by atoms with van der Waals surface area (Å²) in [6.07, 6.45) is 21.1. The van der Waals surface area contributed by atoms with Crippen molar-refractivity contribution in [3.8, 4) is 0 Å². The Balaban J connectivity index is 3.45. The molecule has 0 aliphatic heterocycles. The monoisotopic (exact) mass is 413 g/mol. The van der Waals surface area contributed by atoms with Crippen molar-refractivity contribution in [2.75, 3.05) is 27.2 Å². The molecule has 0 aliphatic carbocycles. The Kier molecular flexibility index (Phi) is 19.0. The molecule has 0 saturated heterocycles. The summed E-state index contributed by atoms with van der Waals surface area (Å²) in [5.41, 5.74) is 0. The molecule has 0 bridgehead atoms. The molecule has 0 rings (SSSR count). The van der Waals surface area contributed by atoms with Gasteiger partial charge in [-0.1, -0.05) is 90.4 Å². The van der Waals surface area contributed by atoms with Crippen molar-refractivity contribution in [1.82, 2.24) is 0 Å². The minimum Gasteiger partial charge on any atom is -0.550 e. The van der Waals surface area contributed by atoms with Gasteiger partial charge in [-0.05, 0) is 32.1 Å². The van der Waals surface area contributed by atoms with Gasteiger partial charge in [-0.25, -0.2) is 0 Å². The molecule has 4 heteroatoms. The number of carbonyl (C=O) groups excluding carboxylic acids is 1. The van der Waals surface area contributed by atoms with Crippen LogP contribution in [-0.4, -0.2) is 48.8 Å². The smallest absolute Gasteiger partial charge is 0.105 e. The zero-order valence-corrected chi connectivity index (χ0v) is 19.9. The van der Waals surface area contributed by atoms with Gasteiger partial charge in [0.1, 0.15) is 12.6 Å². The molecule has 0 aromatic rings. The Morgan fingerprint density at radius 2 is 1.21 bits per heavy atom. The van der Waals surface area contributed by atoms with E-state index in [2.05, 4.69) is 21.0 Å². The molecule has 0 aromatic carbocycles. The standard InChI is InChI=1S/C25H51NO3/c1-4-5-6-7-8-9-10-11-12-13-14-15-17-20-24(27)23-26(2,3)22-19-16-18-21-25(28)29/h24,27H,4-23H2,1-3H3. The van der Waals surface area contributed by atoms with Crippen LogP contribution in [0.1, 0.15) is 122 Å². The molecule has 4 nitrogen and oxygen atoms in total. The summed E-state index contributed by atoms with van der Waals surface area (Å²) in [4.78, 5) is 10.4. The molecule has 1 unspecified atom stereocenters. The van der Waals surface area contributed by atoms with E-state index in [9.17, 15) is 15.0 Å². The number of aliphatic hydroxyl groups excluding tert-OH is 1. The molecular formula is C25H51NO3. The third-order valence-electron chi connectivity index (χ3n) is 5.99. The van der Waals surface area contributed by atoms with Gasteiger partial charge in [0.2, 0.25) is 0 Å². The lowest BCUT2D eigenvalue weighted by Gasteiger charge is -2.32. The van der Waals surface area contributed by atoms with Crippen LogP contribution in [0, 0.1) is 0 Å². The molecule has 29 heavy (non-hydrogen) atoms. The molecule has 174 valence electrons. The Labute approximate surface area is 181 Å². The number of likely N-dealkylation sites (N-methyl/N-ethyl adjacent to an activating group) is 1. The summed E-state index contributed by atoms with van der Waals surface area (Å²) >= 11 is 0. The molecule has 1 N–H and O–H groups in total. The maximum atomic E-state index is 10.4. The van der Waals surface area contributed by atoms with Gasteiger partial charge in [-0.15, -0.1) is 0 Å². The van der Waals surface area contributed by atoms with E-state index in [1.807, 2.05) is 0 Å². The van der Waals surface area contributed by atoms with Crippen molar-refractivity contribution in [3.05, 3.63) is 0 Å². The number of aliphatic carboxylic acids is 1. The van der Waals surface area contributed by atoms with Gasteiger partial charge in [-0.3, -0.25) is 0 Å². The Bertz CT molecular complexity index is 371. The molecule has 0 radical (unpaired) electrons. The summed E-state index contributed by atoms with van der Waals surface area (Å²) in [6.45, 7) is 4.05. The summed E-state index contributed by atoms with van der Waals surface area (Å²) in [6, 6.07) is 0. The molecular weight excluding hydrogens is 362 g/mol. The molecule has 0 aliphatic rings. The van der Waals surface area contributed by atoms with E-state index in [1.54, 1.807) is 0 Å². The highest BCUT2D eigenvalue weighted by Gasteiger charge is 2.19. The van der Waals surface area contributed by atoms with Crippen molar-refractivity contribution in [1.29, 1.82) is 0 Å². The first-order chi connectivity index (χ1) is 13.9. The minimum atomic E-state index is -0.952. The zero-order valence-electron chi connectivity index (χ0n) is 19.9. The van der Waals surface area contributed by atoms with E-state index in [0.29, 0.717) is 6.42 Å². The highest BCUT2D eigenvalue weighted by molar-refractivity contribution is 5.63. The molecule has 0 amide bonds. The first-order valence-electron chi connectivity index (χ1n) is 12.6. The fraction of sp³-hybridized carbons (Fsp3) is 0.960. The summed E-state index contributed by atoms with van der Waals surface area (Å²) < 4.78 is 0.810. The van der Waals surface area contributed by atoms with Crippen LogP contribution in [0.4, 0.5) is 0 Å². The van der Waals surface area contributed by atoms with Crippen LogP contribution in [0.2, 0.25) is 0 Å². The quantitative estimate of drug-likeness (QED) is 0.196. The van der Waals surface area contributed by atoms with E-state index in [-0.39, 0.29) is 12.5 Å².